The zero-order valence-corrected chi connectivity index (χ0v) is 8.39. The van der Waals surface area contributed by atoms with E-state index < -0.39 is 28.7 Å². The minimum atomic E-state index is -2.87. The summed E-state index contributed by atoms with van der Waals surface area (Å²) in [5.41, 5.74) is 4.19. The Morgan fingerprint density at radius 1 is 1.67 bits per heavy atom. The molecule has 0 unspecified atom stereocenters. The maximum atomic E-state index is 12.5. The lowest BCUT2D eigenvalue weighted by molar-refractivity contribution is 0.0589. The SMILES string of the molecule is COC(=O)c1c(C(F)F)cc(N)nc1Cl. The number of rotatable bonds is 2. The van der Waals surface area contributed by atoms with Crippen LogP contribution in [0.2, 0.25) is 5.15 Å². The predicted octanol–water partition coefficient (Wildman–Crippen LogP) is 2.04. The van der Waals surface area contributed by atoms with E-state index in [0.29, 0.717) is 0 Å². The van der Waals surface area contributed by atoms with Crippen LogP contribution in [-0.2, 0) is 4.74 Å². The molecule has 1 aromatic heterocycles. The number of nitrogen functional groups attached to an aromatic ring is 1. The number of halogens is 3. The van der Waals surface area contributed by atoms with Crippen molar-refractivity contribution >= 4 is 23.4 Å². The molecule has 7 heteroatoms. The number of esters is 1. The first-order valence-electron chi connectivity index (χ1n) is 3.79. The number of carbonyl (C=O) groups is 1. The van der Waals surface area contributed by atoms with E-state index in [1.54, 1.807) is 0 Å². The van der Waals surface area contributed by atoms with Crippen LogP contribution in [0.5, 0.6) is 0 Å². The number of nitrogens with two attached hydrogens (primary N) is 1. The van der Waals surface area contributed by atoms with Gasteiger partial charge >= 0.3 is 5.97 Å². The second-order valence-electron chi connectivity index (χ2n) is 2.59. The monoisotopic (exact) mass is 236 g/mol. The van der Waals surface area contributed by atoms with Crippen LogP contribution in [0.3, 0.4) is 0 Å². The molecule has 0 amide bonds. The summed E-state index contributed by atoms with van der Waals surface area (Å²) in [6.45, 7) is 0. The van der Waals surface area contributed by atoms with Crippen molar-refractivity contribution < 1.29 is 18.3 Å². The predicted molar refractivity (Wildman–Crippen MR) is 50.0 cm³/mol. The number of anilines is 1. The van der Waals surface area contributed by atoms with Crippen LogP contribution in [0.1, 0.15) is 22.3 Å². The molecule has 0 atom stereocenters. The van der Waals surface area contributed by atoms with Crippen LogP contribution >= 0.6 is 11.6 Å². The van der Waals surface area contributed by atoms with Crippen LogP contribution in [-0.4, -0.2) is 18.1 Å². The summed E-state index contributed by atoms with van der Waals surface area (Å²) in [4.78, 5) is 14.6. The van der Waals surface area contributed by atoms with Gasteiger partial charge in [0.25, 0.3) is 6.43 Å². The number of alkyl halides is 2. The third-order valence-corrected chi connectivity index (χ3v) is 1.92. The fourth-order valence-corrected chi connectivity index (χ4v) is 1.31. The van der Waals surface area contributed by atoms with Gasteiger partial charge in [-0.15, -0.1) is 0 Å². The van der Waals surface area contributed by atoms with E-state index in [2.05, 4.69) is 9.72 Å². The van der Waals surface area contributed by atoms with Crippen molar-refractivity contribution in [3.63, 3.8) is 0 Å². The molecular formula is C8H7ClF2N2O2. The number of carbonyl (C=O) groups excluding carboxylic acids is 1. The topological polar surface area (TPSA) is 65.2 Å². The number of ether oxygens (including phenoxy) is 1. The Bertz CT molecular complexity index is 398. The summed E-state index contributed by atoms with van der Waals surface area (Å²) < 4.78 is 29.4. The van der Waals surface area contributed by atoms with E-state index in [9.17, 15) is 13.6 Å². The Hall–Kier alpha value is -1.43. The third kappa shape index (κ3) is 2.33. The van der Waals surface area contributed by atoms with Crippen LogP contribution in [0.25, 0.3) is 0 Å². The van der Waals surface area contributed by atoms with Gasteiger partial charge in [0.15, 0.2) is 0 Å². The largest absolute Gasteiger partial charge is 0.465 e. The highest BCUT2D eigenvalue weighted by Crippen LogP contribution is 2.29. The number of aromatic nitrogens is 1. The van der Waals surface area contributed by atoms with Crippen LogP contribution in [0, 0.1) is 0 Å². The summed E-state index contributed by atoms with van der Waals surface area (Å²) >= 11 is 5.53. The van der Waals surface area contributed by atoms with E-state index in [-0.39, 0.29) is 5.82 Å². The van der Waals surface area contributed by atoms with Gasteiger partial charge in [0.05, 0.1) is 7.11 Å². The lowest BCUT2D eigenvalue weighted by atomic mass is 10.1. The van der Waals surface area contributed by atoms with Crippen molar-refractivity contribution in [2.24, 2.45) is 0 Å². The van der Waals surface area contributed by atoms with Gasteiger partial charge in [-0.2, -0.15) is 0 Å². The summed E-state index contributed by atoms with van der Waals surface area (Å²) in [6, 6.07) is 0.892. The van der Waals surface area contributed by atoms with Gasteiger partial charge in [0, 0.05) is 5.56 Å². The van der Waals surface area contributed by atoms with Gasteiger partial charge in [-0.3, -0.25) is 0 Å². The Morgan fingerprint density at radius 3 is 2.73 bits per heavy atom. The first kappa shape index (κ1) is 11.6. The smallest absolute Gasteiger partial charge is 0.341 e. The molecule has 15 heavy (non-hydrogen) atoms. The molecule has 2 N–H and O–H groups in total. The van der Waals surface area contributed by atoms with E-state index in [4.69, 9.17) is 17.3 Å². The van der Waals surface area contributed by atoms with E-state index in [1.165, 1.54) is 0 Å². The molecule has 1 heterocycles. The molecule has 0 fully saturated rings. The van der Waals surface area contributed by atoms with Crippen LogP contribution < -0.4 is 5.73 Å². The van der Waals surface area contributed by atoms with Crippen molar-refractivity contribution in [2.45, 2.75) is 6.43 Å². The average molecular weight is 237 g/mol. The van der Waals surface area contributed by atoms with Gasteiger partial charge in [-0.1, -0.05) is 11.6 Å². The molecule has 82 valence electrons. The number of hydrogen-bond acceptors (Lipinski definition) is 4. The number of methoxy groups -OCH3 is 1. The Balaban J connectivity index is 3.40. The molecule has 1 rings (SSSR count). The lowest BCUT2D eigenvalue weighted by Crippen LogP contribution is -2.09. The molecule has 0 aliphatic heterocycles. The zero-order valence-electron chi connectivity index (χ0n) is 7.63. The quantitative estimate of drug-likeness (QED) is 0.630. The van der Waals surface area contributed by atoms with Crippen molar-refractivity contribution in [1.82, 2.24) is 4.98 Å². The Morgan fingerprint density at radius 2 is 2.27 bits per heavy atom. The molecule has 0 aromatic carbocycles. The molecule has 0 saturated carbocycles. The molecule has 1 aromatic rings. The standard InChI is InChI=1S/C8H7ClF2N2O2/c1-15-8(14)5-3(7(10)11)2-4(12)13-6(5)9/h2,7H,1H3,(H2,12,13). The van der Waals surface area contributed by atoms with Crippen molar-refractivity contribution in [3.05, 3.63) is 22.3 Å². The first-order chi connectivity index (χ1) is 6.97. The summed E-state index contributed by atoms with van der Waals surface area (Å²) in [7, 11) is 1.06. The molecular weight excluding hydrogens is 230 g/mol. The van der Waals surface area contributed by atoms with Crippen molar-refractivity contribution in [2.75, 3.05) is 12.8 Å². The molecule has 0 radical (unpaired) electrons. The third-order valence-electron chi connectivity index (χ3n) is 1.65. The fraction of sp³-hybridized carbons (Fsp3) is 0.250. The highest BCUT2D eigenvalue weighted by molar-refractivity contribution is 6.32. The van der Waals surface area contributed by atoms with Gasteiger partial charge in [-0.25, -0.2) is 18.6 Å². The van der Waals surface area contributed by atoms with E-state index >= 15 is 0 Å². The maximum absolute atomic E-state index is 12.5. The summed E-state index contributed by atoms with van der Waals surface area (Å²) in [5, 5.41) is -0.392. The number of nitrogens with zero attached hydrogens (tertiary/aromatic N) is 1. The second kappa shape index (κ2) is 4.39. The number of hydrogen-bond donors (Lipinski definition) is 1. The van der Waals surface area contributed by atoms with Crippen molar-refractivity contribution in [3.8, 4) is 0 Å². The molecule has 4 nitrogen and oxygen atoms in total. The summed E-state index contributed by atoms with van der Waals surface area (Å²) in [5.74, 6) is -1.15. The lowest BCUT2D eigenvalue weighted by Gasteiger charge is -2.09. The van der Waals surface area contributed by atoms with E-state index in [1.807, 2.05) is 0 Å². The van der Waals surface area contributed by atoms with Crippen molar-refractivity contribution in [1.29, 1.82) is 0 Å². The zero-order chi connectivity index (χ0) is 11.6. The van der Waals surface area contributed by atoms with Gasteiger partial charge in [0.2, 0.25) is 0 Å². The normalized spacial score (nSPS) is 10.5. The first-order valence-corrected chi connectivity index (χ1v) is 4.17. The molecule has 0 aliphatic rings. The second-order valence-corrected chi connectivity index (χ2v) is 2.95. The van der Waals surface area contributed by atoms with Crippen LogP contribution in [0.4, 0.5) is 14.6 Å². The highest BCUT2D eigenvalue weighted by Gasteiger charge is 2.23. The minimum Gasteiger partial charge on any atom is -0.465 e. The Labute approximate surface area is 89.0 Å². The average Bonchev–Trinajstić information content (AvgIpc) is 2.15. The summed E-state index contributed by atoms with van der Waals surface area (Å²) in [6.07, 6.45) is -2.87. The molecule has 0 spiro atoms. The maximum Gasteiger partial charge on any atom is 0.341 e. The van der Waals surface area contributed by atoms with Gasteiger partial charge < -0.3 is 10.5 Å². The minimum absolute atomic E-state index is 0.178. The van der Waals surface area contributed by atoms with Gasteiger partial charge in [-0.05, 0) is 6.07 Å². The van der Waals surface area contributed by atoms with E-state index in [0.717, 1.165) is 13.2 Å². The number of pyridine rings is 1. The Kier molecular flexibility index (Phi) is 3.41. The molecule has 0 bridgehead atoms. The molecule has 0 saturated heterocycles. The van der Waals surface area contributed by atoms with Gasteiger partial charge in [0.1, 0.15) is 16.5 Å². The fourth-order valence-electron chi connectivity index (χ4n) is 1.03. The highest BCUT2D eigenvalue weighted by atomic mass is 35.5. The van der Waals surface area contributed by atoms with Crippen LogP contribution in [0.15, 0.2) is 6.07 Å². The molecule has 0 aliphatic carbocycles.